The molecule has 0 amide bonds. The Kier molecular flexibility index (Phi) is 10.1. The van der Waals surface area contributed by atoms with Gasteiger partial charge < -0.3 is 19.9 Å². The van der Waals surface area contributed by atoms with Gasteiger partial charge in [0.25, 0.3) is 5.89 Å². The van der Waals surface area contributed by atoms with Crippen molar-refractivity contribution in [1.29, 1.82) is 0 Å². The number of benzene rings is 1. The van der Waals surface area contributed by atoms with Crippen molar-refractivity contribution in [3.8, 4) is 17.3 Å². The lowest BCUT2D eigenvalue weighted by molar-refractivity contribution is 0.230. The van der Waals surface area contributed by atoms with E-state index in [-0.39, 0.29) is 35.9 Å². The number of aromatic nitrogens is 3. The van der Waals surface area contributed by atoms with E-state index in [1.165, 1.54) is 12.1 Å². The number of guanidine groups is 1. The van der Waals surface area contributed by atoms with Gasteiger partial charge in [0, 0.05) is 25.7 Å². The van der Waals surface area contributed by atoms with Gasteiger partial charge in [0.1, 0.15) is 23.4 Å². The number of nitrogens with zero attached hydrogens (tertiary/aromatic N) is 4. The molecule has 31 heavy (non-hydrogen) atoms. The first-order chi connectivity index (χ1) is 14.6. The molecule has 1 aromatic carbocycles. The highest BCUT2D eigenvalue weighted by Crippen LogP contribution is 2.14. The van der Waals surface area contributed by atoms with Crippen LogP contribution in [0.2, 0.25) is 0 Å². The van der Waals surface area contributed by atoms with Crippen molar-refractivity contribution in [2.24, 2.45) is 4.99 Å². The highest BCUT2D eigenvalue weighted by atomic mass is 127. The molecule has 0 radical (unpaired) electrons. The van der Waals surface area contributed by atoms with Crippen LogP contribution in [0, 0.1) is 5.82 Å². The number of aliphatic imine (C=N–C) groups is 1. The molecule has 0 bridgehead atoms. The molecule has 0 saturated carbocycles. The SMILES string of the molecule is CCNC(=NCC(C)Oc1ccc(F)cc1)NCCc1noc(-c2ccccn2)n1.I. The van der Waals surface area contributed by atoms with Crippen molar-refractivity contribution in [2.75, 3.05) is 19.6 Å². The highest BCUT2D eigenvalue weighted by molar-refractivity contribution is 14.0. The van der Waals surface area contributed by atoms with E-state index in [1.807, 2.05) is 32.0 Å². The summed E-state index contributed by atoms with van der Waals surface area (Å²) >= 11 is 0. The van der Waals surface area contributed by atoms with Crippen molar-refractivity contribution in [2.45, 2.75) is 26.4 Å². The molecule has 0 saturated heterocycles. The second-order valence-corrected chi connectivity index (χ2v) is 6.51. The number of halogens is 2. The molecule has 2 N–H and O–H groups in total. The summed E-state index contributed by atoms with van der Waals surface area (Å²) in [5.74, 6) is 1.98. The van der Waals surface area contributed by atoms with Crippen LogP contribution in [0.3, 0.4) is 0 Å². The molecule has 1 unspecified atom stereocenters. The maximum absolute atomic E-state index is 13.0. The van der Waals surface area contributed by atoms with Gasteiger partial charge in [-0.3, -0.25) is 4.98 Å². The van der Waals surface area contributed by atoms with E-state index in [9.17, 15) is 4.39 Å². The fourth-order valence-corrected chi connectivity index (χ4v) is 2.59. The molecule has 3 rings (SSSR count). The molecule has 2 aromatic heterocycles. The van der Waals surface area contributed by atoms with Crippen molar-refractivity contribution < 1.29 is 13.7 Å². The average Bonchev–Trinajstić information content (AvgIpc) is 3.23. The second-order valence-electron chi connectivity index (χ2n) is 6.51. The van der Waals surface area contributed by atoms with Crippen LogP contribution in [0.25, 0.3) is 11.6 Å². The Bertz CT molecular complexity index is 937. The van der Waals surface area contributed by atoms with Gasteiger partial charge in [-0.1, -0.05) is 11.2 Å². The normalized spacial score (nSPS) is 12.0. The molecule has 0 aliphatic carbocycles. The zero-order chi connectivity index (χ0) is 21.2. The zero-order valence-corrected chi connectivity index (χ0v) is 19.7. The number of hydrogen-bond acceptors (Lipinski definition) is 6. The van der Waals surface area contributed by atoms with Gasteiger partial charge in [-0.25, -0.2) is 9.38 Å². The Morgan fingerprint density at radius 3 is 2.71 bits per heavy atom. The van der Waals surface area contributed by atoms with Crippen LogP contribution in [-0.2, 0) is 6.42 Å². The summed E-state index contributed by atoms with van der Waals surface area (Å²) in [6.45, 7) is 5.66. The first kappa shape index (κ1) is 24.5. The summed E-state index contributed by atoms with van der Waals surface area (Å²) in [7, 11) is 0. The smallest absolute Gasteiger partial charge is 0.276 e. The van der Waals surface area contributed by atoms with Crippen molar-refractivity contribution in [3.63, 3.8) is 0 Å². The minimum absolute atomic E-state index is 0. The van der Waals surface area contributed by atoms with E-state index in [2.05, 4.69) is 30.8 Å². The summed E-state index contributed by atoms with van der Waals surface area (Å²) in [5.41, 5.74) is 0.647. The number of pyridine rings is 1. The van der Waals surface area contributed by atoms with Gasteiger partial charge in [-0.15, -0.1) is 24.0 Å². The van der Waals surface area contributed by atoms with Crippen molar-refractivity contribution in [3.05, 3.63) is 60.3 Å². The molecule has 2 heterocycles. The second kappa shape index (κ2) is 12.8. The van der Waals surface area contributed by atoms with Crippen LogP contribution in [0.1, 0.15) is 19.7 Å². The third-order valence-electron chi connectivity index (χ3n) is 3.99. The molecule has 0 aliphatic heterocycles. The monoisotopic (exact) mass is 540 g/mol. The predicted octanol–water partition coefficient (Wildman–Crippen LogP) is 3.45. The Labute approximate surface area is 197 Å². The zero-order valence-electron chi connectivity index (χ0n) is 17.4. The largest absolute Gasteiger partial charge is 0.489 e. The lowest BCUT2D eigenvalue weighted by Gasteiger charge is -2.15. The summed E-state index contributed by atoms with van der Waals surface area (Å²) in [6.07, 6.45) is 2.09. The average molecular weight is 540 g/mol. The van der Waals surface area contributed by atoms with Gasteiger partial charge in [0.15, 0.2) is 11.8 Å². The van der Waals surface area contributed by atoms with Crippen LogP contribution in [0.15, 0.2) is 58.2 Å². The quantitative estimate of drug-likeness (QED) is 0.244. The number of nitrogens with one attached hydrogen (secondary N) is 2. The van der Waals surface area contributed by atoms with Gasteiger partial charge in [-0.05, 0) is 50.2 Å². The Morgan fingerprint density at radius 1 is 1.19 bits per heavy atom. The van der Waals surface area contributed by atoms with Crippen LogP contribution in [-0.4, -0.2) is 46.8 Å². The van der Waals surface area contributed by atoms with Crippen LogP contribution in [0.4, 0.5) is 4.39 Å². The first-order valence-corrected chi connectivity index (χ1v) is 9.82. The van der Waals surface area contributed by atoms with Crippen molar-refractivity contribution in [1.82, 2.24) is 25.8 Å². The molecule has 1 atom stereocenters. The Morgan fingerprint density at radius 2 is 2.00 bits per heavy atom. The number of ether oxygens (including phenoxy) is 1. The number of rotatable bonds is 9. The maximum atomic E-state index is 13.0. The molecule has 8 nitrogen and oxygen atoms in total. The predicted molar refractivity (Wildman–Crippen MR) is 127 cm³/mol. The van der Waals surface area contributed by atoms with Crippen LogP contribution >= 0.6 is 24.0 Å². The van der Waals surface area contributed by atoms with E-state index < -0.39 is 0 Å². The molecule has 3 aromatic rings. The molecular formula is C21H26FIN6O2. The summed E-state index contributed by atoms with van der Waals surface area (Å²) in [5, 5.41) is 10.4. The van der Waals surface area contributed by atoms with Crippen molar-refractivity contribution >= 4 is 29.9 Å². The van der Waals surface area contributed by atoms with E-state index in [0.29, 0.717) is 48.6 Å². The van der Waals surface area contributed by atoms with Gasteiger partial charge >= 0.3 is 0 Å². The molecular weight excluding hydrogens is 514 g/mol. The molecule has 166 valence electrons. The molecule has 0 spiro atoms. The minimum Gasteiger partial charge on any atom is -0.489 e. The summed E-state index contributed by atoms with van der Waals surface area (Å²) in [6, 6.07) is 11.5. The molecule has 0 fully saturated rings. The minimum atomic E-state index is -0.291. The van der Waals surface area contributed by atoms with E-state index >= 15 is 0 Å². The van der Waals surface area contributed by atoms with Crippen LogP contribution in [0.5, 0.6) is 5.75 Å². The lowest BCUT2D eigenvalue weighted by atomic mass is 10.3. The Hall–Kier alpha value is -2.76. The Balaban J connectivity index is 0.00000341. The lowest BCUT2D eigenvalue weighted by Crippen LogP contribution is -2.39. The summed E-state index contributed by atoms with van der Waals surface area (Å²) in [4.78, 5) is 13.1. The fraction of sp³-hybridized carbons (Fsp3) is 0.333. The summed E-state index contributed by atoms with van der Waals surface area (Å²) < 4.78 is 24.0. The number of hydrogen-bond donors (Lipinski definition) is 2. The van der Waals surface area contributed by atoms with Crippen LogP contribution < -0.4 is 15.4 Å². The molecule has 10 heteroatoms. The standard InChI is InChI=1S/C21H25FN6O2.HI/c1-3-23-21(26-14-15(2)29-17-9-7-16(22)8-10-17)25-13-11-19-27-20(30-28-19)18-6-4-5-12-24-18;/h4-10,12,15H,3,11,13-14H2,1-2H3,(H2,23,25,26);1H. The fourth-order valence-electron chi connectivity index (χ4n) is 2.59. The van der Waals surface area contributed by atoms with Gasteiger partial charge in [0.2, 0.25) is 0 Å². The van der Waals surface area contributed by atoms with E-state index in [4.69, 9.17) is 9.26 Å². The third-order valence-corrected chi connectivity index (χ3v) is 3.99. The van der Waals surface area contributed by atoms with Gasteiger partial charge in [0.05, 0.1) is 6.54 Å². The topological polar surface area (TPSA) is 97.5 Å². The van der Waals surface area contributed by atoms with E-state index in [1.54, 1.807) is 18.3 Å². The van der Waals surface area contributed by atoms with Gasteiger partial charge in [-0.2, -0.15) is 4.98 Å². The maximum Gasteiger partial charge on any atom is 0.276 e. The molecule has 0 aliphatic rings. The highest BCUT2D eigenvalue weighted by Gasteiger charge is 2.10. The van der Waals surface area contributed by atoms with E-state index in [0.717, 1.165) is 6.54 Å². The first-order valence-electron chi connectivity index (χ1n) is 9.82. The third kappa shape index (κ3) is 8.12.